The summed E-state index contributed by atoms with van der Waals surface area (Å²) in [6.45, 7) is 4.65. The Morgan fingerprint density at radius 1 is 0.784 bits per heavy atom. The molecule has 12 heteroatoms. The summed E-state index contributed by atoms with van der Waals surface area (Å²) in [4.78, 5) is 46.9. The van der Waals surface area contributed by atoms with Gasteiger partial charge in [0.15, 0.2) is 0 Å². The molecule has 2 unspecified atom stereocenters. The number of nitrogens with two attached hydrogens (primary N) is 2. The van der Waals surface area contributed by atoms with Crippen LogP contribution in [0.1, 0.15) is 63.5 Å². The number of rotatable bonds is 8. The second-order valence-corrected chi connectivity index (χ2v) is 8.22. The molecule has 0 radical (unpaired) electrons. The third kappa shape index (κ3) is 5.81. The first-order valence-corrected chi connectivity index (χ1v) is 11.0. The van der Waals surface area contributed by atoms with E-state index in [0.717, 1.165) is 0 Å². The molecule has 3 aromatic carbocycles. The second-order valence-electron chi connectivity index (χ2n) is 8.22. The van der Waals surface area contributed by atoms with Gasteiger partial charge in [0.2, 0.25) is 0 Å². The van der Waals surface area contributed by atoms with E-state index in [1.807, 2.05) is 0 Å². The molecule has 0 saturated carbocycles. The summed E-state index contributed by atoms with van der Waals surface area (Å²) < 4.78 is 11.0. The Morgan fingerprint density at radius 2 is 1.19 bits per heavy atom. The highest BCUT2D eigenvalue weighted by Crippen LogP contribution is 2.31. The van der Waals surface area contributed by atoms with E-state index >= 15 is 0 Å². The van der Waals surface area contributed by atoms with Gasteiger partial charge in [-0.05, 0) is 67.8 Å². The number of nitrogens with zero attached hydrogens (tertiary/aromatic N) is 2. The van der Waals surface area contributed by atoms with Crippen molar-refractivity contribution in [3.8, 4) is 0 Å². The van der Waals surface area contributed by atoms with Gasteiger partial charge in [0, 0.05) is 24.3 Å². The highest BCUT2D eigenvalue weighted by atomic mass is 16.6. The number of carbonyl (C=O) groups excluding carboxylic acids is 2. The van der Waals surface area contributed by atoms with Crippen molar-refractivity contribution in [2.45, 2.75) is 33.0 Å². The molecule has 4 N–H and O–H groups in total. The fraction of sp³-hybridized carbons (Fsp3) is 0.200. The number of benzene rings is 3. The largest absolute Gasteiger partial charge is 0.454 e. The summed E-state index contributed by atoms with van der Waals surface area (Å²) in [6.07, 6.45) is -1.62. The molecule has 0 aliphatic rings. The Kier molecular flexibility index (Phi) is 7.71. The SMILES string of the molecule is Cc1c(N)c(N)cc(C(=O)OC(C)c2ccc([N+](=O)[O-])cc2)c1C(=O)OC(C)c1ccc([N+](=O)[O-])cc1. The molecule has 0 heterocycles. The molecule has 3 rings (SSSR count). The summed E-state index contributed by atoms with van der Waals surface area (Å²) >= 11 is 0. The van der Waals surface area contributed by atoms with Crippen LogP contribution in [-0.2, 0) is 9.47 Å². The molecule has 12 nitrogen and oxygen atoms in total. The number of nitro groups is 2. The van der Waals surface area contributed by atoms with Gasteiger partial charge in [0.05, 0.1) is 32.3 Å². The van der Waals surface area contributed by atoms with Gasteiger partial charge in [0.25, 0.3) is 11.4 Å². The molecule has 192 valence electrons. The van der Waals surface area contributed by atoms with Gasteiger partial charge >= 0.3 is 11.9 Å². The van der Waals surface area contributed by atoms with E-state index in [1.165, 1.54) is 61.5 Å². The van der Waals surface area contributed by atoms with Crippen LogP contribution < -0.4 is 11.5 Å². The third-order valence-corrected chi connectivity index (χ3v) is 5.80. The van der Waals surface area contributed by atoms with Crippen LogP contribution in [0.2, 0.25) is 0 Å². The maximum Gasteiger partial charge on any atom is 0.339 e. The summed E-state index contributed by atoms with van der Waals surface area (Å²) in [6, 6.07) is 12.2. The zero-order valence-electron chi connectivity index (χ0n) is 20.2. The van der Waals surface area contributed by atoms with Gasteiger partial charge < -0.3 is 20.9 Å². The number of nitrogen functional groups attached to an aromatic ring is 2. The van der Waals surface area contributed by atoms with Crippen molar-refractivity contribution in [1.29, 1.82) is 0 Å². The van der Waals surface area contributed by atoms with Crippen LogP contribution in [0, 0.1) is 27.2 Å². The van der Waals surface area contributed by atoms with E-state index in [9.17, 15) is 29.8 Å². The van der Waals surface area contributed by atoms with E-state index in [4.69, 9.17) is 20.9 Å². The van der Waals surface area contributed by atoms with Crippen molar-refractivity contribution in [3.63, 3.8) is 0 Å². The van der Waals surface area contributed by atoms with Gasteiger partial charge in [-0.15, -0.1) is 0 Å². The van der Waals surface area contributed by atoms with E-state index in [-0.39, 0.29) is 39.4 Å². The van der Waals surface area contributed by atoms with Crippen LogP contribution in [0.25, 0.3) is 0 Å². The number of non-ortho nitro benzene ring substituents is 2. The smallest absolute Gasteiger partial charge is 0.339 e. The Hall–Kier alpha value is -5.00. The van der Waals surface area contributed by atoms with E-state index < -0.39 is 34.0 Å². The summed E-state index contributed by atoms with van der Waals surface area (Å²) in [5.41, 5.74) is 12.8. The fourth-order valence-corrected chi connectivity index (χ4v) is 3.60. The number of ether oxygens (including phenoxy) is 2. The fourth-order valence-electron chi connectivity index (χ4n) is 3.60. The van der Waals surface area contributed by atoms with Crippen molar-refractivity contribution >= 4 is 34.7 Å². The van der Waals surface area contributed by atoms with Crippen LogP contribution in [0.15, 0.2) is 54.6 Å². The van der Waals surface area contributed by atoms with Crippen molar-refractivity contribution < 1.29 is 28.9 Å². The summed E-state index contributed by atoms with van der Waals surface area (Å²) in [5, 5.41) is 21.8. The monoisotopic (exact) mass is 508 g/mol. The third-order valence-electron chi connectivity index (χ3n) is 5.80. The first kappa shape index (κ1) is 26.6. The Bertz CT molecular complexity index is 1370. The molecule has 0 saturated heterocycles. The lowest BCUT2D eigenvalue weighted by molar-refractivity contribution is -0.385. The average molecular weight is 508 g/mol. The zero-order valence-corrected chi connectivity index (χ0v) is 20.2. The first-order valence-electron chi connectivity index (χ1n) is 11.0. The predicted molar refractivity (Wildman–Crippen MR) is 134 cm³/mol. The molecular formula is C25H24N4O8. The van der Waals surface area contributed by atoms with E-state index in [1.54, 1.807) is 13.8 Å². The molecule has 3 aromatic rings. The van der Waals surface area contributed by atoms with Crippen LogP contribution in [-0.4, -0.2) is 21.8 Å². The van der Waals surface area contributed by atoms with Crippen molar-refractivity contribution in [1.82, 2.24) is 0 Å². The topological polar surface area (TPSA) is 191 Å². The molecule has 0 aromatic heterocycles. The summed E-state index contributed by atoms with van der Waals surface area (Å²) in [7, 11) is 0. The molecule has 0 aliphatic carbocycles. The second kappa shape index (κ2) is 10.7. The standard InChI is InChI=1S/C25H24N4O8/c1-13-22(25(31)37-15(3)17-6-10-19(11-7-17)29(34)35)20(12-21(26)23(13)27)24(30)36-14(2)16-4-8-18(9-5-16)28(32)33/h4-12,14-15H,26-27H2,1-3H3. The summed E-state index contributed by atoms with van der Waals surface area (Å²) in [5.74, 6) is -1.75. The molecule has 37 heavy (non-hydrogen) atoms. The Morgan fingerprint density at radius 3 is 1.59 bits per heavy atom. The van der Waals surface area contributed by atoms with Crippen molar-refractivity contribution in [3.05, 3.63) is 103 Å². The maximum absolute atomic E-state index is 13.2. The van der Waals surface area contributed by atoms with Gasteiger partial charge in [-0.3, -0.25) is 20.2 Å². The minimum absolute atomic E-state index is 0.0624. The zero-order chi connectivity index (χ0) is 27.4. The Labute approximate surface area is 211 Å². The number of nitro benzene ring substituents is 2. The maximum atomic E-state index is 13.2. The Balaban J connectivity index is 1.87. The number of esters is 2. The van der Waals surface area contributed by atoms with Gasteiger partial charge in [-0.1, -0.05) is 0 Å². The van der Waals surface area contributed by atoms with Crippen LogP contribution in [0.3, 0.4) is 0 Å². The minimum atomic E-state index is -0.879. The first-order chi connectivity index (χ1) is 17.4. The molecule has 0 amide bonds. The van der Waals surface area contributed by atoms with Crippen molar-refractivity contribution in [2.75, 3.05) is 11.5 Å². The van der Waals surface area contributed by atoms with Gasteiger partial charge in [0.1, 0.15) is 12.2 Å². The molecule has 2 atom stereocenters. The van der Waals surface area contributed by atoms with Crippen molar-refractivity contribution in [2.24, 2.45) is 0 Å². The van der Waals surface area contributed by atoms with E-state index in [2.05, 4.69) is 0 Å². The number of anilines is 2. The van der Waals surface area contributed by atoms with Crippen LogP contribution in [0.5, 0.6) is 0 Å². The lowest BCUT2D eigenvalue weighted by Gasteiger charge is -2.20. The van der Waals surface area contributed by atoms with Gasteiger partial charge in [-0.25, -0.2) is 9.59 Å². The van der Waals surface area contributed by atoms with E-state index in [0.29, 0.717) is 11.1 Å². The van der Waals surface area contributed by atoms with Gasteiger partial charge in [-0.2, -0.15) is 0 Å². The predicted octanol–water partition coefficient (Wildman–Crippen LogP) is 4.81. The molecule has 0 spiro atoms. The molecular weight excluding hydrogens is 484 g/mol. The number of hydrogen-bond acceptors (Lipinski definition) is 10. The molecule has 0 bridgehead atoms. The highest BCUT2D eigenvalue weighted by molar-refractivity contribution is 6.07. The lowest BCUT2D eigenvalue weighted by Crippen LogP contribution is -2.19. The van der Waals surface area contributed by atoms with Crippen LogP contribution in [0.4, 0.5) is 22.7 Å². The normalized spacial score (nSPS) is 12.3. The highest BCUT2D eigenvalue weighted by Gasteiger charge is 2.28. The van der Waals surface area contributed by atoms with Crippen LogP contribution >= 0.6 is 0 Å². The number of hydrogen-bond donors (Lipinski definition) is 2. The molecule has 0 fully saturated rings. The minimum Gasteiger partial charge on any atom is -0.454 e. The average Bonchev–Trinajstić information content (AvgIpc) is 2.86. The quantitative estimate of drug-likeness (QED) is 0.185. The molecule has 0 aliphatic heterocycles. The lowest BCUT2D eigenvalue weighted by atomic mass is 9.98. The number of carbonyl (C=O) groups is 2.